The molecule has 0 spiro atoms. The highest BCUT2D eigenvalue weighted by Gasteiger charge is 2.09. The van der Waals surface area contributed by atoms with Crippen molar-refractivity contribution in [3.05, 3.63) is 65.7 Å². The van der Waals surface area contributed by atoms with Crippen molar-refractivity contribution in [2.24, 2.45) is 0 Å². The van der Waals surface area contributed by atoms with Gasteiger partial charge in [0, 0.05) is 31.9 Å². The van der Waals surface area contributed by atoms with Gasteiger partial charge in [0.1, 0.15) is 0 Å². The molecule has 0 fully saturated rings. The molecule has 3 nitrogen and oxygen atoms in total. The maximum Gasteiger partial charge on any atom is 0.0317 e. The smallest absolute Gasteiger partial charge is 0.0317 e. The molecule has 23 heavy (non-hydrogen) atoms. The highest BCUT2D eigenvalue weighted by Crippen LogP contribution is 2.12. The van der Waals surface area contributed by atoms with E-state index in [0.717, 1.165) is 45.0 Å². The fraction of sp³-hybridized carbons (Fsp3) is 0.400. The lowest BCUT2D eigenvalue weighted by molar-refractivity contribution is 0.202. The predicted octanol–water partition coefficient (Wildman–Crippen LogP) is 3.61. The Labute approximate surface area is 140 Å². The Kier molecular flexibility index (Phi) is 7.11. The molecule has 0 saturated heterocycles. The number of nitrogens with zero attached hydrogens (tertiary/aromatic N) is 2. The van der Waals surface area contributed by atoms with Crippen LogP contribution in [-0.2, 0) is 13.1 Å². The highest BCUT2D eigenvalue weighted by atomic mass is 15.2. The van der Waals surface area contributed by atoms with Crippen molar-refractivity contribution in [1.82, 2.24) is 9.80 Å². The second kappa shape index (κ2) is 9.33. The van der Waals surface area contributed by atoms with E-state index in [1.165, 1.54) is 11.1 Å². The highest BCUT2D eigenvalue weighted by molar-refractivity contribution is 5.40. The molecule has 0 bridgehead atoms. The van der Waals surface area contributed by atoms with E-state index < -0.39 is 0 Å². The Bertz CT molecular complexity index is 564. The van der Waals surface area contributed by atoms with Crippen LogP contribution in [0.15, 0.2) is 54.6 Å². The lowest BCUT2D eigenvalue weighted by Crippen LogP contribution is -2.34. The van der Waals surface area contributed by atoms with Crippen LogP contribution in [0.5, 0.6) is 0 Å². The first-order valence-corrected chi connectivity index (χ1v) is 8.54. The molecule has 0 aliphatic heterocycles. The van der Waals surface area contributed by atoms with E-state index in [4.69, 9.17) is 5.73 Å². The van der Waals surface area contributed by atoms with E-state index in [0.29, 0.717) is 0 Å². The first-order chi connectivity index (χ1) is 11.2. The molecule has 0 atom stereocenters. The third-order valence-corrected chi connectivity index (χ3v) is 4.23. The van der Waals surface area contributed by atoms with E-state index in [2.05, 4.69) is 66.1 Å². The average Bonchev–Trinajstić information content (AvgIpc) is 2.56. The molecule has 2 rings (SSSR count). The van der Waals surface area contributed by atoms with Crippen molar-refractivity contribution in [2.75, 3.05) is 31.9 Å². The molecular formula is C20H29N3. The van der Waals surface area contributed by atoms with E-state index in [1.807, 2.05) is 12.1 Å². The van der Waals surface area contributed by atoms with Gasteiger partial charge in [0.05, 0.1) is 0 Å². The van der Waals surface area contributed by atoms with Crippen molar-refractivity contribution in [1.29, 1.82) is 0 Å². The number of nitrogens with two attached hydrogens (primary N) is 1. The summed E-state index contributed by atoms with van der Waals surface area (Å²) in [7, 11) is 0. The van der Waals surface area contributed by atoms with Gasteiger partial charge in [-0.1, -0.05) is 56.3 Å². The van der Waals surface area contributed by atoms with Crippen LogP contribution in [0, 0.1) is 0 Å². The van der Waals surface area contributed by atoms with Crippen molar-refractivity contribution in [3.8, 4) is 0 Å². The predicted molar refractivity (Wildman–Crippen MR) is 99.2 cm³/mol. The van der Waals surface area contributed by atoms with Crippen LogP contribution >= 0.6 is 0 Å². The van der Waals surface area contributed by atoms with Crippen molar-refractivity contribution in [3.63, 3.8) is 0 Å². The Balaban J connectivity index is 2.04. The fourth-order valence-corrected chi connectivity index (χ4v) is 2.83. The molecule has 0 amide bonds. The van der Waals surface area contributed by atoms with Gasteiger partial charge in [0.25, 0.3) is 0 Å². The standard InChI is InChI=1S/C20H29N3/c1-3-22(4-2)13-14-23(16-18-9-6-5-7-10-18)17-19-11-8-12-20(21)15-19/h5-12,15H,3-4,13-14,16-17,21H2,1-2H3. The summed E-state index contributed by atoms with van der Waals surface area (Å²) in [5.41, 5.74) is 9.40. The summed E-state index contributed by atoms with van der Waals surface area (Å²) in [5.74, 6) is 0. The van der Waals surface area contributed by atoms with Gasteiger partial charge in [-0.15, -0.1) is 0 Å². The molecule has 124 valence electrons. The minimum atomic E-state index is 0.839. The van der Waals surface area contributed by atoms with Crippen molar-refractivity contribution in [2.45, 2.75) is 26.9 Å². The van der Waals surface area contributed by atoms with Crippen LogP contribution in [-0.4, -0.2) is 36.0 Å². The summed E-state index contributed by atoms with van der Waals surface area (Å²) >= 11 is 0. The van der Waals surface area contributed by atoms with E-state index in [-0.39, 0.29) is 0 Å². The topological polar surface area (TPSA) is 32.5 Å². The monoisotopic (exact) mass is 311 g/mol. The number of anilines is 1. The quantitative estimate of drug-likeness (QED) is 0.718. The molecule has 2 N–H and O–H groups in total. The third-order valence-electron chi connectivity index (χ3n) is 4.23. The Morgan fingerprint density at radius 3 is 2.00 bits per heavy atom. The van der Waals surface area contributed by atoms with Gasteiger partial charge in [0.15, 0.2) is 0 Å². The van der Waals surface area contributed by atoms with Gasteiger partial charge < -0.3 is 10.6 Å². The summed E-state index contributed by atoms with van der Waals surface area (Å²) in [6, 6.07) is 18.9. The molecule has 3 heteroatoms. The van der Waals surface area contributed by atoms with E-state index in [9.17, 15) is 0 Å². The summed E-state index contributed by atoms with van der Waals surface area (Å²) in [6.45, 7) is 10.7. The number of hydrogen-bond acceptors (Lipinski definition) is 3. The molecule has 0 aromatic heterocycles. The van der Waals surface area contributed by atoms with Crippen molar-refractivity contribution < 1.29 is 0 Å². The maximum absolute atomic E-state index is 5.93. The molecule has 2 aromatic rings. The molecular weight excluding hydrogens is 282 g/mol. The molecule has 0 heterocycles. The van der Waals surface area contributed by atoms with Crippen molar-refractivity contribution >= 4 is 5.69 Å². The van der Waals surface area contributed by atoms with E-state index >= 15 is 0 Å². The zero-order chi connectivity index (χ0) is 16.5. The SMILES string of the molecule is CCN(CC)CCN(Cc1ccccc1)Cc1cccc(N)c1. The minimum absolute atomic E-state index is 0.839. The van der Waals surface area contributed by atoms with Gasteiger partial charge in [-0.05, 0) is 36.3 Å². The largest absolute Gasteiger partial charge is 0.399 e. The van der Waals surface area contributed by atoms with Crippen LogP contribution in [0.2, 0.25) is 0 Å². The molecule has 0 aliphatic carbocycles. The second-order valence-corrected chi connectivity index (χ2v) is 5.97. The molecule has 0 radical (unpaired) electrons. The lowest BCUT2D eigenvalue weighted by Gasteiger charge is -2.26. The fourth-order valence-electron chi connectivity index (χ4n) is 2.83. The Hall–Kier alpha value is -1.84. The third kappa shape index (κ3) is 6.05. The van der Waals surface area contributed by atoms with Gasteiger partial charge >= 0.3 is 0 Å². The first-order valence-electron chi connectivity index (χ1n) is 8.54. The van der Waals surface area contributed by atoms with Crippen LogP contribution in [0.25, 0.3) is 0 Å². The molecule has 0 aliphatic rings. The molecule has 2 aromatic carbocycles. The van der Waals surface area contributed by atoms with Gasteiger partial charge in [-0.2, -0.15) is 0 Å². The number of hydrogen-bond donors (Lipinski definition) is 1. The lowest BCUT2D eigenvalue weighted by atomic mass is 10.1. The molecule has 0 saturated carbocycles. The van der Waals surface area contributed by atoms with Crippen LogP contribution < -0.4 is 5.73 Å². The summed E-state index contributed by atoms with van der Waals surface area (Å²) in [5, 5.41) is 0. The van der Waals surface area contributed by atoms with Crippen LogP contribution in [0.3, 0.4) is 0 Å². The zero-order valence-electron chi connectivity index (χ0n) is 14.4. The number of likely N-dealkylation sites (N-methyl/N-ethyl adjacent to an activating group) is 1. The van der Waals surface area contributed by atoms with Crippen LogP contribution in [0.1, 0.15) is 25.0 Å². The first kappa shape index (κ1) is 17.5. The number of benzene rings is 2. The summed E-state index contributed by atoms with van der Waals surface area (Å²) in [4.78, 5) is 4.97. The van der Waals surface area contributed by atoms with Gasteiger partial charge in [-0.25, -0.2) is 0 Å². The zero-order valence-corrected chi connectivity index (χ0v) is 14.4. The Morgan fingerprint density at radius 1 is 0.739 bits per heavy atom. The second-order valence-electron chi connectivity index (χ2n) is 5.97. The van der Waals surface area contributed by atoms with Gasteiger partial charge in [-0.3, -0.25) is 4.90 Å². The number of nitrogen functional groups attached to an aromatic ring is 1. The maximum atomic E-state index is 5.93. The molecule has 0 unspecified atom stereocenters. The number of rotatable bonds is 9. The summed E-state index contributed by atoms with van der Waals surface area (Å²) < 4.78 is 0. The van der Waals surface area contributed by atoms with Gasteiger partial charge in [0.2, 0.25) is 0 Å². The normalized spacial score (nSPS) is 11.3. The van der Waals surface area contributed by atoms with Crippen LogP contribution in [0.4, 0.5) is 5.69 Å². The van der Waals surface area contributed by atoms with E-state index in [1.54, 1.807) is 0 Å². The summed E-state index contributed by atoms with van der Waals surface area (Å²) in [6.07, 6.45) is 0. The Morgan fingerprint density at radius 2 is 1.35 bits per heavy atom. The average molecular weight is 311 g/mol. The minimum Gasteiger partial charge on any atom is -0.399 e.